The van der Waals surface area contributed by atoms with E-state index in [-0.39, 0.29) is 30.3 Å². The molecular weight excluding hydrogens is 360 g/mol. The van der Waals surface area contributed by atoms with Gasteiger partial charge in [0.2, 0.25) is 11.8 Å². The Kier molecular flexibility index (Phi) is 6.25. The molecule has 28 heavy (non-hydrogen) atoms. The van der Waals surface area contributed by atoms with Crippen molar-refractivity contribution < 1.29 is 19.2 Å². The maximum absolute atomic E-state index is 13.0. The van der Waals surface area contributed by atoms with Gasteiger partial charge in [-0.2, -0.15) is 0 Å². The fourth-order valence-corrected chi connectivity index (χ4v) is 4.62. The lowest BCUT2D eigenvalue weighted by atomic mass is 9.75. The number of carbonyl (C=O) groups excluding carboxylic acids is 4. The van der Waals surface area contributed by atoms with Gasteiger partial charge in [-0.25, -0.2) is 4.79 Å². The highest BCUT2D eigenvalue weighted by Crippen LogP contribution is 2.37. The fraction of sp³-hybridized carbons (Fsp3) is 0.800. The van der Waals surface area contributed by atoms with E-state index in [2.05, 4.69) is 17.6 Å². The van der Waals surface area contributed by atoms with Crippen LogP contribution in [0, 0.1) is 5.92 Å². The molecule has 0 radical (unpaired) electrons. The second-order valence-corrected chi connectivity index (χ2v) is 8.36. The SMILES string of the molecule is CCC(=O)NC1CCCN(C(=O)CN2C(=O)NC3(CCC(CC)CC3)C2=O)C1. The number of carbonyl (C=O) groups is 4. The zero-order valence-corrected chi connectivity index (χ0v) is 17.0. The molecule has 5 amide bonds. The van der Waals surface area contributed by atoms with Crippen LogP contribution in [0.5, 0.6) is 0 Å². The minimum Gasteiger partial charge on any atom is -0.352 e. The van der Waals surface area contributed by atoms with Gasteiger partial charge in [-0.15, -0.1) is 0 Å². The quantitative estimate of drug-likeness (QED) is 0.691. The Hall–Kier alpha value is -2.12. The van der Waals surface area contributed by atoms with Gasteiger partial charge in [-0.05, 0) is 44.4 Å². The summed E-state index contributed by atoms with van der Waals surface area (Å²) in [4.78, 5) is 52.5. The van der Waals surface area contributed by atoms with Crippen LogP contribution in [0.15, 0.2) is 0 Å². The van der Waals surface area contributed by atoms with Gasteiger partial charge in [-0.1, -0.05) is 20.3 Å². The van der Waals surface area contributed by atoms with E-state index in [9.17, 15) is 19.2 Å². The molecule has 0 aromatic rings. The first kappa shape index (κ1) is 20.6. The monoisotopic (exact) mass is 392 g/mol. The van der Waals surface area contributed by atoms with Gasteiger partial charge in [-0.3, -0.25) is 19.3 Å². The van der Waals surface area contributed by atoms with Crippen LogP contribution in [-0.4, -0.2) is 64.8 Å². The van der Waals surface area contributed by atoms with Gasteiger partial charge in [0.05, 0.1) is 0 Å². The molecule has 1 aliphatic carbocycles. The highest BCUT2D eigenvalue weighted by Gasteiger charge is 2.52. The van der Waals surface area contributed by atoms with Gasteiger partial charge >= 0.3 is 6.03 Å². The number of piperidine rings is 1. The average Bonchev–Trinajstić information content (AvgIpc) is 2.92. The summed E-state index contributed by atoms with van der Waals surface area (Å²) in [6.07, 6.45) is 6.28. The van der Waals surface area contributed by atoms with Crippen LogP contribution in [0.25, 0.3) is 0 Å². The molecule has 3 fully saturated rings. The lowest BCUT2D eigenvalue weighted by molar-refractivity contribution is -0.140. The molecule has 0 aromatic carbocycles. The predicted octanol–water partition coefficient (Wildman–Crippen LogP) is 1.39. The second-order valence-electron chi connectivity index (χ2n) is 8.36. The summed E-state index contributed by atoms with van der Waals surface area (Å²) in [5, 5.41) is 5.80. The largest absolute Gasteiger partial charge is 0.352 e. The molecule has 8 nitrogen and oxygen atoms in total. The Morgan fingerprint density at radius 1 is 1.18 bits per heavy atom. The van der Waals surface area contributed by atoms with E-state index in [4.69, 9.17) is 0 Å². The highest BCUT2D eigenvalue weighted by molar-refractivity contribution is 6.09. The number of imide groups is 1. The molecule has 1 atom stereocenters. The summed E-state index contributed by atoms with van der Waals surface area (Å²) < 4.78 is 0. The van der Waals surface area contributed by atoms with Crippen molar-refractivity contribution in [3.05, 3.63) is 0 Å². The third kappa shape index (κ3) is 4.15. The minimum atomic E-state index is -0.817. The standard InChI is InChI=1S/C20H32N4O4/c1-3-14-7-9-20(10-8-14)18(27)24(19(28)22-20)13-17(26)23-11-5-6-15(12-23)21-16(25)4-2/h14-15H,3-13H2,1-2H3,(H,21,25)(H,22,28). The van der Waals surface area contributed by atoms with E-state index < -0.39 is 11.6 Å². The minimum absolute atomic E-state index is 0.0296. The van der Waals surface area contributed by atoms with Gasteiger partial charge in [0.25, 0.3) is 5.91 Å². The fourth-order valence-electron chi connectivity index (χ4n) is 4.62. The smallest absolute Gasteiger partial charge is 0.325 e. The van der Waals surface area contributed by atoms with Crippen LogP contribution in [0.4, 0.5) is 4.79 Å². The van der Waals surface area contributed by atoms with Crippen molar-refractivity contribution in [3.63, 3.8) is 0 Å². The van der Waals surface area contributed by atoms with E-state index in [0.717, 1.165) is 37.0 Å². The lowest BCUT2D eigenvalue weighted by Crippen LogP contribution is -2.53. The molecule has 1 saturated carbocycles. The summed E-state index contributed by atoms with van der Waals surface area (Å²) in [7, 11) is 0. The van der Waals surface area contributed by atoms with Gasteiger partial charge < -0.3 is 15.5 Å². The van der Waals surface area contributed by atoms with Crippen molar-refractivity contribution in [2.45, 2.75) is 76.8 Å². The normalized spacial score (nSPS) is 30.5. The zero-order valence-electron chi connectivity index (χ0n) is 17.0. The molecule has 2 N–H and O–H groups in total. The molecule has 2 aliphatic heterocycles. The van der Waals surface area contributed by atoms with Crippen molar-refractivity contribution in [2.24, 2.45) is 5.92 Å². The summed E-state index contributed by atoms with van der Waals surface area (Å²) in [5.41, 5.74) is -0.817. The number of amides is 5. The molecule has 3 rings (SSSR count). The average molecular weight is 393 g/mol. The van der Waals surface area contributed by atoms with Crippen molar-refractivity contribution in [1.82, 2.24) is 20.4 Å². The number of hydrogen-bond acceptors (Lipinski definition) is 4. The third-order valence-corrected chi connectivity index (χ3v) is 6.54. The number of hydrogen-bond donors (Lipinski definition) is 2. The molecule has 0 bridgehead atoms. The van der Waals surface area contributed by atoms with Crippen LogP contribution >= 0.6 is 0 Å². The van der Waals surface area contributed by atoms with Gasteiger partial charge in [0, 0.05) is 25.6 Å². The second kappa shape index (κ2) is 8.49. The Balaban J connectivity index is 1.58. The topological polar surface area (TPSA) is 98.8 Å². The summed E-state index contributed by atoms with van der Waals surface area (Å²) in [6.45, 7) is 4.74. The summed E-state index contributed by atoms with van der Waals surface area (Å²) in [6, 6.07) is -0.523. The van der Waals surface area contributed by atoms with E-state index in [1.165, 1.54) is 0 Å². The van der Waals surface area contributed by atoms with Crippen LogP contribution < -0.4 is 10.6 Å². The van der Waals surface area contributed by atoms with E-state index in [1.807, 2.05) is 0 Å². The number of rotatable bonds is 5. The molecule has 3 aliphatic rings. The molecule has 1 unspecified atom stereocenters. The molecule has 2 heterocycles. The Morgan fingerprint density at radius 3 is 2.54 bits per heavy atom. The first-order valence-corrected chi connectivity index (χ1v) is 10.6. The summed E-state index contributed by atoms with van der Waals surface area (Å²) in [5.74, 6) is 0.0825. The van der Waals surface area contributed by atoms with E-state index in [0.29, 0.717) is 38.3 Å². The maximum atomic E-state index is 13.0. The zero-order chi connectivity index (χ0) is 20.3. The summed E-state index contributed by atoms with van der Waals surface area (Å²) >= 11 is 0. The van der Waals surface area contributed by atoms with Crippen LogP contribution in [-0.2, 0) is 14.4 Å². The molecular formula is C20H32N4O4. The Bertz CT molecular complexity index is 642. The highest BCUT2D eigenvalue weighted by atomic mass is 16.2. The first-order chi connectivity index (χ1) is 13.4. The van der Waals surface area contributed by atoms with Crippen LogP contribution in [0.3, 0.4) is 0 Å². The van der Waals surface area contributed by atoms with Crippen molar-refractivity contribution in [3.8, 4) is 0 Å². The Morgan fingerprint density at radius 2 is 1.89 bits per heavy atom. The van der Waals surface area contributed by atoms with E-state index in [1.54, 1.807) is 11.8 Å². The first-order valence-electron chi connectivity index (χ1n) is 10.6. The van der Waals surface area contributed by atoms with Crippen molar-refractivity contribution in [1.29, 1.82) is 0 Å². The number of nitrogens with one attached hydrogen (secondary N) is 2. The molecule has 1 spiro atoms. The maximum Gasteiger partial charge on any atom is 0.325 e. The lowest BCUT2D eigenvalue weighted by Gasteiger charge is -2.35. The van der Waals surface area contributed by atoms with Crippen LogP contribution in [0.2, 0.25) is 0 Å². The van der Waals surface area contributed by atoms with Gasteiger partial charge in [0.1, 0.15) is 12.1 Å². The molecule has 0 aromatic heterocycles. The molecule has 2 saturated heterocycles. The molecule has 156 valence electrons. The number of urea groups is 1. The third-order valence-electron chi connectivity index (χ3n) is 6.54. The van der Waals surface area contributed by atoms with Crippen molar-refractivity contribution >= 4 is 23.8 Å². The van der Waals surface area contributed by atoms with Gasteiger partial charge in [0.15, 0.2) is 0 Å². The number of nitrogens with zero attached hydrogens (tertiary/aromatic N) is 2. The molecule has 8 heteroatoms. The Labute approximate surface area is 166 Å². The van der Waals surface area contributed by atoms with E-state index >= 15 is 0 Å². The number of likely N-dealkylation sites (tertiary alicyclic amines) is 1. The van der Waals surface area contributed by atoms with Crippen LogP contribution in [0.1, 0.15) is 65.2 Å². The predicted molar refractivity (Wildman–Crippen MR) is 103 cm³/mol. The van der Waals surface area contributed by atoms with Crippen molar-refractivity contribution in [2.75, 3.05) is 19.6 Å².